The first kappa shape index (κ1) is 13.9. The van der Waals surface area contributed by atoms with Gasteiger partial charge in [-0.1, -0.05) is 33.6 Å². The van der Waals surface area contributed by atoms with Gasteiger partial charge in [0.25, 0.3) is 0 Å². The van der Waals surface area contributed by atoms with Crippen LogP contribution in [0.4, 0.5) is 10.1 Å². The molecule has 1 atom stereocenters. The Morgan fingerprint density at radius 3 is 2.74 bits per heavy atom. The summed E-state index contributed by atoms with van der Waals surface area (Å²) < 4.78 is 14.5. The number of benzene rings is 2. The van der Waals surface area contributed by atoms with Crippen LogP contribution in [0.5, 0.6) is 0 Å². The van der Waals surface area contributed by atoms with E-state index in [9.17, 15) is 9.65 Å². The lowest BCUT2D eigenvalue weighted by molar-refractivity contribution is 0.607. The summed E-state index contributed by atoms with van der Waals surface area (Å²) in [6, 6.07) is 12.7. The molecule has 0 radical (unpaired) electrons. The SMILES string of the molecule is N#CC(Nc1cccc(Cl)c1)c1cc(Br)ccc1F. The highest BCUT2D eigenvalue weighted by atomic mass is 79.9. The first-order valence-electron chi connectivity index (χ1n) is 5.47. The average molecular weight is 340 g/mol. The summed E-state index contributed by atoms with van der Waals surface area (Å²) in [5.74, 6) is -0.427. The van der Waals surface area contributed by atoms with E-state index in [0.29, 0.717) is 10.7 Å². The number of anilines is 1. The van der Waals surface area contributed by atoms with E-state index in [0.717, 1.165) is 4.47 Å². The predicted octanol–water partition coefficient (Wildman–Crippen LogP) is 4.92. The summed E-state index contributed by atoms with van der Waals surface area (Å²) >= 11 is 9.14. The second-order valence-electron chi connectivity index (χ2n) is 3.88. The van der Waals surface area contributed by atoms with Gasteiger partial charge in [-0.25, -0.2) is 4.39 Å². The Kier molecular flexibility index (Phi) is 4.41. The molecule has 96 valence electrons. The molecule has 0 aliphatic rings. The molecule has 5 heteroatoms. The van der Waals surface area contributed by atoms with Crippen LogP contribution in [0.25, 0.3) is 0 Å². The molecular weight excluding hydrogens is 331 g/mol. The molecule has 0 aromatic heterocycles. The summed E-state index contributed by atoms with van der Waals surface area (Å²) in [5, 5.41) is 12.7. The molecule has 0 fully saturated rings. The van der Waals surface area contributed by atoms with Crippen LogP contribution in [-0.2, 0) is 0 Å². The molecular formula is C14H9BrClFN2. The van der Waals surface area contributed by atoms with Crippen molar-refractivity contribution in [2.24, 2.45) is 0 Å². The van der Waals surface area contributed by atoms with Crippen LogP contribution in [0.3, 0.4) is 0 Å². The van der Waals surface area contributed by atoms with Crippen LogP contribution in [0.1, 0.15) is 11.6 Å². The number of hydrogen-bond donors (Lipinski definition) is 1. The third kappa shape index (κ3) is 3.46. The maximum atomic E-state index is 13.8. The van der Waals surface area contributed by atoms with E-state index in [-0.39, 0.29) is 5.56 Å². The van der Waals surface area contributed by atoms with Crippen LogP contribution >= 0.6 is 27.5 Å². The second kappa shape index (κ2) is 6.05. The normalized spacial score (nSPS) is 11.7. The molecule has 1 N–H and O–H groups in total. The average Bonchev–Trinajstić information content (AvgIpc) is 2.39. The lowest BCUT2D eigenvalue weighted by atomic mass is 10.1. The molecule has 2 aromatic carbocycles. The number of rotatable bonds is 3. The third-order valence-electron chi connectivity index (χ3n) is 2.53. The molecule has 0 aliphatic carbocycles. The van der Waals surface area contributed by atoms with Gasteiger partial charge in [-0.3, -0.25) is 0 Å². The Balaban J connectivity index is 2.31. The summed E-state index contributed by atoms with van der Waals surface area (Å²) in [7, 11) is 0. The standard InChI is InChI=1S/C14H9BrClFN2/c15-9-4-5-13(17)12(6-9)14(8-18)19-11-3-1-2-10(16)7-11/h1-7,14,19H. The van der Waals surface area contributed by atoms with Gasteiger partial charge >= 0.3 is 0 Å². The van der Waals surface area contributed by atoms with Crippen molar-refractivity contribution in [1.82, 2.24) is 0 Å². The van der Waals surface area contributed by atoms with Crippen LogP contribution in [0.2, 0.25) is 5.02 Å². The monoisotopic (exact) mass is 338 g/mol. The Bertz CT molecular complexity index is 640. The Morgan fingerprint density at radius 2 is 2.05 bits per heavy atom. The Labute approximate surface area is 123 Å². The van der Waals surface area contributed by atoms with Crippen LogP contribution in [0.15, 0.2) is 46.9 Å². The van der Waals surface area contributed by atoms with Crippen LogP contribution < -0.4 is 5.32 Å². The fourth-order valence-electron chi connectivity index (χ4n) is 1.66. The summed E-state index contributed by atoms with van der Waals surface area (Å²) in [6.07, 6.45) is 0. The van der Waals surface area contributed by atoms with Crippen LogP contribution in [-0.4, -0.2) is 0 Å². The molecule has 2 rings (SSSR count). The zero-order chi connectivity index (χ0) is 13.8. The van der Waals surface area contributed by atoms with E-state index in [1.807, 2.05) is 6.07 Å². The first-order chi connectivity index (χ1) is 9.10. The Hall–Kier alpha value is -1.57. The van der Waals surface area contributed by atoms with Gasteiger partial charge < -0.3 is 5.32 Å². The lowest BCUT2D eigenvalue weighted by Gasteiger charge is -2.14. The van der Waals surface area contributed by atoms with Gasteiger partial charge in [0.2, 0.25) is 0 Å². The molecule has 0 saturated carbocycles. The molecule has 0 saturated heterocycles. The highest BCUT2D eigenvalue weighted by molar-refractivity contribution is 9.10. The predicted molar refractivity (Wildman–Crippen MR) is 77.5 cm³/mol. The fourth-order valence-corrected chi connectivity index (χ4v) is 2.23. The van der Waals surface area contributed by atoms with E-state index in [1.165, 1.54) is 6.07 Å². The number of hydrogen-bond acceptors (Lipinski definition) is 2. The maximum Gasteiger partial charge on any atom is 0.143 e. The van der Waals surface area contributed by atoms with Crippen molar-refractivity contribution in [2.75, 3.05) is 5.32 Å². The van der Waals surface area contributed by atoms with E-state index >= 15 is 0 Å². The van der Waals surface area contributed by atoms with Crippen molar-refractivity contribution in [2.45, 2.75) is 6.04 Å². The van der Waals surface area contributed by atoms with Crippen molar-refractivity contribution < 1.29 is 4.39 Å². The fraction of sp³-hybridized carbons (Fsp3) is 0.0714. The van der Waals surface area contributed by atoms with Crippen molar-refractivity contribution >= 4 is 33.2 Å². The molecule has 0 spiro atoms. The molecule has 2 aromatic rings. The molecule has 0 heterocycles. The van der Waals surface area contributed by atoms with Crippen molar-refractivity contribution in [1.29, 1.82) is 5.26 Å². The van der Waals surface area contributed by atoms with Crippen molar-refractivity contribution in [3.8, 4) is 6.07 Å². The summed E-state index contributed by atoms with van der Waals surface area (Å²) in [6.45, 7) is 0. The zero-order valence-corrected chi connectivity index (χ0v) is 12.0. The second-order valence-corrected chi connectivity index (χ2v) is 5.23. The quantitative estimate of drug-likeness (QED) is 0.861. The molecule has 2 nitrogen and oxygen atoms in total. The minimum Gasteiger partial charge on any atom is -0.366 e. The van der Waals surface area contributed by atoms with E-state index < -0.39 is 11.9 Å². The summed E-state index contributed by atoms with van der Waals surface area (Å²) in [5.41, 5.74) is 0.954. The molecule has 0 aliphatic heterocycles. The van der Waals surface area contributed by atoms with E-state index in [1.54, 1.807) is 36.4 Å². The minimum atomic E-state index is -0.782. The number of nitriles is 1. The van der Waals surface area contributed by atoms with Crippen molar-refractivity contribution in [3.05, 3.63) is 63.3 Å². The van der Waals surface area contributed by atoms with Gasteiger partial charge in [0, 0.05) is 20.7 Å². The molecule has 0 amide bonds. The van der Waals surface area contributed by atoms with Gasteiger partial charge in [-0.2, -0.15) is 5.26 Å². The van der Waals surface area contributed by atoms with Gasteiger partial charge in [0.1, 0.15) is 11.9 Å². The van der Waals surface area contributed by atoms with Gasteiger partial charge in [0.15, 0.2) is 0 Å². The Morgan fingerprint density at radius 1 is 1.26 bits per heavy atom. The number of nitrogens with zero attached hydrogens (tertiary/aromatic N) is 1. The van der Waals surface area contributed by atoms with Gasteiger partial charge in [-0.15, -0.1) is 0 Å². The maximum absolute atomic E-state index is 13.8. The largest absolute Gasteiger partial charge is 0.366 e. The van der Waals surface area contributed by atoms with Gasteiger partial charge in [0.05, 0.1) is 6.07 Å². The van der Waals surface area contributed by atoms with Crippen LogP contribution in [0, 0.1) is 17.1 Å². The lowest BCUT2D eigenvalue weighted by Crippen LogP contribution is -2.10. The topological polar surface area (TPSA) is 35.8 Å². The molecule has 19 heavy (non-hydrogen) atoms. The summed E-state index contributed by atoms with van der Waals surface area (Å²) in [4.78, 5) is 0. The number of halogens is 3. The van der Waals surface area contributed by atoms with Crippen molar-refractivity contribution in [3.63, 3.8) is 0 Å². The zero-order valence-electron chi connectivity index (χ0n) is 9.70. The highest BCUT2D eigenvalue weighted by Crippen LogP contribution is 2.25. The van der Waals surface area contributed by atoms with E-state index in [4.69, 9.17) is 11.6 Å². The molecule has 1 unspecified atom stereocenters. The molecule has 0 bridgehead atoms. The first-order valence-corrected chi connectivity index (χ1v) is 6.64. The minimum absolute atomic E-state index is 0.289. The van der Waals surface area contributed by atoms with Gasteiger partial charge in [-0.05, 0) is 36.4 Å². The third-order valence-corrected chi connectivity index (χ3v) is 3.26. The smallest absolute Gasteiger partial charge is 0.143 e. The number of nitrogens with one attached hydrogen (secondary N) is 1. The van der Waals surface area contributed by atoms with E-state index in [2.05, 4.69) is 21.2 Å². The highest BCUT2D eigenvalue weighted by Gasteiger charge is 2.15.